The van der Waals surface area contributed by atoms with Crippen molar-refractivity contribution in [2.45, 2.75) is 43.0 Å². The van der Waals surface area contributed by atoms with Gasteiger partial charge in [0, 0.05) is 17.2 Å². The summed E-state index contributed by atoms with van der Waals surface area (Å²) in [6.07, 6.45) is 0.512. The highest BCUT2D eigenvalue weighted by atomic mass is 35.5. The number of benzene rings is 3. The van der Waals surface area contributed by atoms with Crippen molar-refractivity contribution in [3.05, 3.63) is 76.3 Å². The summed E-state index contributed by atoms with van der Waals surface area (Å²) in [5, 5.41) is 12.8. The van der Waals surface area contributed by atoms with Crippen LogP contribution in [0.25, 0.3) is 11.1 Å². The number of phenolic OH excluding ortho intramolecular Hbond substituents is 1. The molecule has 37 heavy (non-hydrogen) atoms. The standard InChI is InChI=1S/C25H21ClF5NO4S/c1-4-24(2,3)18-10-13(16-7-5-14(27)11-20(16)28)9-17(22(18)33)23(34)32-21-8-6-15(12-19(21)26)37(35,36)25(29,30)31/h5-12,33H,4H2,1-3H3,(H,32,34). The number of alkyl halides is 3. The molecule has 3 rings (SSSR count). The Balaban J connectivity index is 2.10. The van der Waals surface area contributed by atoms with Crippen LogP contribution in [-0.2, 0) is 15.3 Å². The average Bonchev–Trinajstić information content (AvgIpc) is 2.79. The molecule has 0 spiro atoms. The Morgan fingerprint density at radius 3 is 2.22 bits per heavy atom. The number of phenols is 1. The quantitative estimate of drug-likeness (QED) is 0.311. The van der Waals surface area contributed by atoms with E-state index in [4.69, 9.17) is 11.6 Å². The van der Waals surface area contributed by atoms with Crippen molar-refractivity contribution < 1.29 is 40.3 Å². The molecule has 0 bridgehead atoms. The molecule has 0 aromatic heterocycles. The lowest BCUT2D eigenvalue weighted by atomic mass is 9.79. The molecule has 3 aromatic carbocycles. The van der Waals surface area contributed by atoms with Crippen LogP contribution in [0.1, 0.15) is 43.1 Å². The van der Waals surface area contributed by atoms with E-state index in [1.807, 2.05) is 6.92 Å². The third-order valence-electron chi connectivity index (χ3n) is 6.01. The van der Waals surface area contributed by atoms with Crippen LogP contribution in [0.15, 0.2) is 53.4 Å². The van der Waals surface area contributed by atoms with E-state index >= 15 is 0 Å². The van der Waals surface area contributed by atoms with E-state index < -0.39 is 54.0 Å². The van der Waals surface area contributed by atoms with Crippen molar-refractivity contribution in [1.29, 1.82) is 0 Å². The normalized spacial score (nSPS) is 12.5. The minimum Gasteiger partial charge on any atom is -0.507 e. The van der Waals surface area contributed by atoms with E-state index in [-0.39, 0.29) is 22.4 Å². The van der Waals surface area contributed by atoms with Gasteiger partial charge in [-0.25, -0.2) is 17.2 Å². The molecular weight excluding hydrogens is 541 g/mol. The minimum atomic E-state index is -5.67. The van der Waals surface area contributed by atoms with Crippen LogP contribution < -0.4 is 5.32 Å². The molecule has 198 valence electrons. The molecular formula is C25H21ClF5NO4S. The maximum atomic E-state index is 14.5. The highest BCUT2D eigenvalue weighted by Crippen LogP contribution is 2.40. The fraction of sp³-hybridized carbons (Fsp3) is 0.240. The second kappa shape index (κ2) is 9.94. The molecule has 0 aliphatic heterocycles. The number of rotatable bonds is 6. The topological polar surface area (TPSA) is 83.5 Å². The molecule has 2 N–H and O–H groups in total. The van der Waals surface area contributed by atoms with Crippen molar-refractivity contribution >= 4 is 33.0 Å². The number of anilines is 1. The molecule has 0 radical (unpaired) electrons. The van der Waals surface area contributed by atoms with Crippen molar-refractivity contribution in [2.75, 3.05) is 5.32 Å². The first-order valence-electron chi connectivity index (χ1n) is 10.7. The monoisotopic (exact) mass is 561 g/mol. The van der Waals surface area contributed by atoms with E-state index in [1.165, 1.54) is 18.2 Å². The predicted molar refractivity (Wildman–Crippen MR) is 129 cm³/mol. The van der Waals surface area contributed by atoms with Gasteiger partial charge < -0.3 is 10.4 Å². The number of sulfone groups is 1. The van der Waals surface area contributed by atoms with Gasteiger partial charge in [-0.05, 0) is 59.9 Å². The lowest BCUT2D eigenvalue weighted by molar-refractivity contribution is -0.0436. The molecule has 1 amide bonds. The molecule has 12 heteroatoms. The minimum absolute atomic E-state index is 0.0386. The third kappa shape index (κ3) is 5.57. The van der Waals surface area contributed by atoms with Gasteiger partial charge in [-0.15, -0.1) is 0 Å². The van der Waals surface area contributed by atoms with Gasteiger partial charge in [0.05, 0.1) is 21.2 Å². The molecule has 0 saturated carbocycles. The maximum Gasteiger partial charge on any atom is 0.501 e. The third-order valence-corrected chi connectivity index (χ3v) is 7.81. The molecule has 0 atom stereocenters. The highest BCUT2D eigenvalue weighted by Gasteiger charge is 2.47. The van der Waals surface area contributed by atoms with Crippen LogP contribution in [0.3, 0.4) is 0 Å². The number of carbonyl (C=O) groups is 1. The Bertz CT molecular complexity index is 1490. The second-order valence-electron chi connectivity index (χ2n) is 8.83. The van der Waals surface area contributed by atoms with Gasteiger partial charge in [0.2, 0.25) is 0 Å². The smallest absolute Gasteiger partial charge is 0.501 e. The van der Waals surface area contributed by atoms with E-state index in [1.54, 1.807) is 13.8 Å². The lowest BCUT2D eigenvalue weighted by Crippen LogP contribution is -2.23. The molecule has 0 aliphatic carbocycles. The lowest BCUT2D eigenvalue weighted by Gasteiger charge is -2.26. The fourth-order valence-corrected chi connectivity index (χ4v) is 4.56. The van der Waals surface area contributed by atoms with Gasteiger partial charge in [-0.3, -0.25) is 4.79 Å². The Kier molecular flexibility index (Phi) is 7.63. The van der Waals surface area contributed by atoms with Gasteiger partial charge in [-0.1, -0.05) is 32.4 Å². The summed E-state index contributed by atoms with van der Waals surface area (Å²) in [7, 11) is -5.67. The van der Waals surface area contributed by atoms with E-state index in [0.29, 0.717) is 30.2 Å². The highest BCUT2D eigenvalue weighted by molar-refractivity contribution is 7.92. The Morgan fingerprint density at radius 2 is 1.68 bits per heavy atom. The molecule has 0 unspecified atom stereocenters. The molecule has 3 aromatic rings. The van der Waals surface area contributed by atoms with E-state index in [2.05, 4.69) is 5.32 Å². The molecule has 0 saturated heterocycles. The zero-order valence-corrected chi connectivity index (χ0v) is 21.2. The number of aromatic hydroxyl groups is 1. The van der Waals surface area contributed by atoms with Gasteiger partial charge in [0.1, 0.15) is 17.4 Å². The zero-order valence-electron chi connectivity index (χ0n) is 19.7. The van der Waals surface area contributed by atoms with Gasteiger partial charge in [0.25, 0.3) is 15.7 Å². The first-order chi connectivity index (χ1) is 17.0. The second-order valence-corrected chi connectivity index (χ2v) is 11.2. The summed E-state index contributed by atoms with van der Waals surface area (Å²) in [5.74, 6) is -3.09. The molecule has 0 heterocycles. The number of amides is 1. The van der Waals surface area contributed by atoms with Crippen molar-refractivity contribution in [1.82, 2.24) is 0 Å². The van der Waals surface area contributed by atoms with Crippen LogP contribution in [0.2, 0.25) is 5.02 Å². The molecule has 5 nitrogen and oxygen atoms in total. The van der Waals surface area contributed by atoms with E-state index in [0.717, 1.165) is 12.1 Å². The van der Waals surface area contributed by atoms with Gasteiger partial charge in [0.15, 0.2) is 0 Å². The first kappa shape index (κ1) is 28.4. The van der Waals surface area contributed by atoms with Crippen LogP contribution in [-0.4, -0.2) is 24.9 Å². The Morgan fingerprint density at radius 1 is 1.03 bits per heavy atom. The Labute approximate surface area is 214 Å². The van der Waals surface area contributed by atoms with Crippen LogP contribution in [0, 0.1) is 11.6 Å². The van der Waals surface area contributed by atoms with Crippen LogP contribution in [0.5, 0.6) is 5.75 Å². The fourth-order valence-electron chi connectivity index (χ4n) is 3.48. The molecule has 0 fully saturated rings. The summed E-state index contributed by atoms with van der Waals surface area (Å²) in [5.41, 5.74) is -6.37. The van der Waals surface area contributed by atoms with Crippen molar-refractivity contribution in [2.24, 2.45) is 0 Å². The zero-order chi connectivity index (χ0) is 27.9. The summed E-state index contributed by atoms with van der Waals surface area (Å²) >= 11 is 5.95. The van der Waals surface area contributed by atoms with Crippen molar-refractivity contribution in [3.63, 3.8) is 0 Å². The number of halogens is 6. The van der Waals surface area contributed by atoms with Gasteiger partial charge >= 0.3 is 5.51 Å². The number of carbonyl (C=O) groups excluding carboxylic acids is 1. The predicted octanol–water partition coefficient (Wildman–Crippen LogP) is 7.22. The number of hydrogen-bond acceptors (Lipinski definition) is 4. The molecule has 0 aliphatic rings. The Hall–Kier alpha value is -3.18. The van der Waals surface area contributed by atoms with Crippen molar-refractivity contribution in [3.8, 4) is 16.9 Å². The van der Waals surface area contributed by atoms with Gasteiger partial charge in [-0.2, -0.15) is 13.2 Å². The van der Waals surface area contributed by atoms with Crippen LogP contribution in [0.4, 0.5) is 27.6 Å². The summed E-state index contributed by atoms with van der Waals surface area (Å²) in [6.45, 7) is 5.40. The summed E-state index contributed by atoms with van der Waals surface area (Å²) in [4.78, 5) is 12.0. The number of nitrogens with one attached hydrogen (secondary N) is 1. The maximum absolute atomic E-state index is 14.5. The number of hydrogen-bond donors (Lipinski definition) is 2. The summed E-state index contributed by atoms with van der Waals surface area (Å²) < 4.78 is 89.8. The first-order valence-corrected chi connectivity index (χ1v) is 12.6. The van der Waals surface area contributed by atoms with Crippen LogP contribution >= 0.6 is 11.6 Å². The average molecular weight is 562 g/mol. The SMILES string of the molecule is CCC(C)(C)c1cc(-c2ccc(F)cc2F)cc(C(=O)Nc2ccc(S(=O)(=O)C(F)(F)F)cc2Cl)c1O. The van der Waals surface area contributed by atoms with E-state index in [9.17, 15) is 40.3 Å². The summed E-state index contributed by atoms with van der Waals surface area (Å²) in [6, 6.07) is 7.57. The largest absolute Gasteiger partial charge is 0.507 e.